The third-order valence-electron chi connectivity index (χ3n) is 2.64. The van der Waals surface area contributed by atoms with Crippen molar-refractivity contribution in [1.29, 1.82) is 0 Å². The summed E-state index contributed by atoms with van der Waals surface area (Å²) in [5, 5.41) is 0. The molecule has 2 aliphatic heterocycles. The van der Waals surface area contributed by atoms with E-state index in [2.05, 4.69) is 5.48 Å². The van der Waals surface area contributed by atoms with Crippen molar-refractivity contribution in [2.75, 3.05) is 13.1 Å². The Balaban J connectivity index is 1.96. The first-order valence-corrected chi connectivity index (χ1v) is 4.37. The van der Waals surface area contributed by atoms with Gasteiger partial charge < -0.3 is 10.6 Å². The number of rotatable bonds is 0. The molecule has 3 N–H and O–H groups in total. The highest BCUT2D eigenvalue weighted by Gasteiger charge is 2.36. The van der Waals surface area contributed by atoms with Gasteiger partial charge in [-0.15, -0.1) is 0 Å². The Morgan fingerprint density at radius 3 is 2.69 bits per heavy atom. The molecule has 0 aromatic carbocycles. The first-order chi connectivity index (χ1) is 6.22. The predicted molar refractivity (Wildman–Crippen MR) is 46.5 cm³/mol. The van der Waals surface area contributed by atoms with Gasteiger partial charge in [-0.1, -0.05) is 0 Å². The van der Waals surface area contributed by atoms with Gasteiger partial charge in [-0.25, -0.2) is 4.79 Å². The molecule has 2 rings (SSSR count). The maximum Gasteiger partial charge on any atom is 0.314 e. The van der Waals surface area contributed by atoms with Crippen LogP contribution in [0.2, 0.25) is 0 Å². The Kier molecular flexibility index (Phi) is 1.88. The van der Waals surface area contributed by atoms with Gasteiger partial charge in [-0.05, 0) is 6.08 Å². The van der Waals surface area contributed by atoms with E-state index >= 15 is 0 Å². The summed E-state index contributed by atoms with van der Waals surface area (Å²) in [6.45, 7) is 1.34. The smallest absolute Gasteiger partial charge is 0.314 e. The maximum absolute atomic E-state index is 10.8. The molecule has 0 radical (unpaired) electrons. The molecule has 0 aliphatic carbocycles. The monoisotopic (exact) mass is 183 g/mol. The SMILES string of the molecule is NC(=O)N1CCC2(C=CNO2)CC1. The zero-order chi connectivity index (χ0) is 9.31. The molecule has 1 fully saturated rings. The second kappa shape index (κ2) is 2.92. The highest BCUT2D eigenvalue weighted by molar-refractivity contribution is 5.72. The summed E-state index contributed by atoms with van der Waals surface area (Å²) in [5.41, 5.74) is 7.68. The minimum absolute atomic E-state index is 0.202. The van der Waals surface area contributed by atoms with Gasteiger partial charge in [-0.3, -0.25) is 10.3 Å². The number of carbonyl (C=O) groups excluding carboxylic acids is 1. The molecule has 2 aliphatic rings. The number of hydroxylamine groups is 1. The molecule has 0 aromatic heterocycles. The van der Waals surface area contributed by atoms with E-state index in [0.29, 0.717) is 13.1 Å². The number of nitrogens with zero attached hydrogens (tertiary/aromatic N) is 1. The number of piperidine rings is 1. The van der Waals surface area contributed by atoms with Gasteiger partial charge in [0.05, 0.1) is 0 Å². The van der Waals surface area contributed by atoms with Crippen molar-refractivity contribution in [1.82, 2.24) is 10.4 Å². The summed E-state index contributed by atoms with van der Waals surface area (Å²) < 4.78 is 0. The predicted octanol–water partition coefficient (Wildman–Crippen LogP) is -0.0518. The first kappa shape index (κ1) is 8.37. The lowest BCUT2D eigenvalue weighted by Crippen LogP contribution is -2.48. The lowest BCUT2D eigenvalue weighted by Gasteiger charge is -2.35. The minimum atomic E-state index is -0.343. The molecule has 2 heterocycles. The van der Waals surface area contributed by atoms with Crippen molar-refractivity contribution < 1.29 is 9.63 Å². The highest BCUT2D eigenvalue weighted by Crippen LogP contribution is 2.29. The number of carbonyl (C=O) groups is 1. The summed E-state index contributed by atoms with van der Waals surface area (Å²) in [7, 11) is 0. The molecule has 13 heavy (non-hydrogen) atoms. The van der Waals surface area contributed by atoms with Crippen molar-refractivity contribution in [2.45, 2.75) is 18.4 Å². The number of likely N-dealkylation sites (tertiary alicyclic amines) is 1. The number of hydrogen-bond donors (Lipinski definition) is 2. The van der Waals surface area contributed by atoms with Crippen LogP contribution in [0.15, 0.2) is 12.3 Å². The average Bonchev–Trinajstić information content (AvgIpc) is 2.54. The van der Waals surface area contributed by atoms with E-state index in [1.807, 2.05) is 6.08 Å². The third-order valence-corrected chi connectivity index (χ3v) is 2.64. The highest BCUT2D eigenvalue weighted by atomic mass is 16.7. The largest absolute Gasteiger partial charge is 0.351 e. The summed E-state index contributed by atoms with van der Waals surface area (Å²) >= 11 is 0. The fraction of sp³-hybridized carbons (Fsp3) is 0.625. The molecule has 72 valence electrons. The molecule has 0 saturated carbocycles. The molecular formula is C8H13N3O2. The van der Waals surface area contributed by atoms with Crippen LogP contribution in [-0.4, -0.2) is 29.6 Å². The molecule has 5 heteroatoms. The molecule has 0 unspecified atom stereocenters. The van der Waals surface area contributed by atoms with Crippen molar-refractivity contribution >= 4 is 6.03 Å². The zero-order valence-electron chi connectivity index (χ0n) is 7.32. The van der Waals surface area contributed by atoms with E-state index in [9.17, 15) is 4.79 Å². The first-order valence-electron chi connectivity index (χ1n) is 4.37. The van der Waals surface area contributed by atoms with E-state index in [1.165, 1.54) is 0 Å². The molecule has 1 spiro atoms. The van der Waals surface area contributed by atoms with Gasteiger partial charge in [0, 0.05) is 32.1 Å². The quantitative estimate of drug-likeness (QED) is 0.553. The van der Waals surface area contributed by atoms with Crippen LogP contribution in [0.3, 0.4) is 0 Å². The maximum atomic E-state index is 10.8. The van der Waals surface area contributed by atoms with Crippen LogP contribution in [0.1, 0.15) is 12.8 Å². The van der Waals surface area contributed by atoms with Gasteiger partial charge in [-0.2, -0.15) is 0 Å². The Bertz CT molecular complexity index is 244. The summed E-state index contributed by atoms with van der Waals surface area (Å²) in [5.74, 6) is 0. The van der Waals surface area contributed by atoms with Crippen LogP contribution in [-0.2, 0) is 4.84 Å². The van der Waals surface area contributed by atoms with Crippen molar-refractivity contribution in [2.24, 2.45) is 5.73 Å². The van der Waals surface area contributed by atoms with E-state index in [-0.39, 0.29) is 11.6 Å². The molecule has 0 bridgehead atoms. The number of amides is 2. The molecule has 2 amide bonds. The van der Waals surface area contributed by atoms with E-state index in [1.54, 1.807) is 11.1 Å². The van der Waals surface area contributed by atoms with Crippen LogP contribution < -0.4 is 11.2 Å². The summed E-state index contributed by atoms with van der Waals surface area (Å²) in [6.07, 6.45) is 5.41. The van der Waals surface area contributed by atoms with Gasteiger partial charge >= 0.3 is 6.03 Å². The van der Waals surface area contributed by atoms with Crippen LogP contribution in [0.5, 0.6) is 0 Å². The van der Waals surface area contributed by atoms with Crippen LogP contribution >= 0.6 is 0 Å². The Morgan fingerprint density at radius 1 is 1.54 bits per heavy atom. The van der Waals surface area contributed by atoms with Crippen molar-refractivity contribution in [3.63, 3.8) is 0 Å². The van der Waals surface area contributed by atoms with E-state index < -0.39 is 0 Å². The van der Waals surface area contributed by atoms with E-state index in [0.717, 1.165) is 12.8 Å². The van der Waals surface area contributed by atoms with Crippen LogP contribution in [0.4, 0.5) is 4.79 Å². The lowest BCUT2D eigenvalue weighted by molar-refractivity contribution is -0.0657. The van der Waals surface area contributed by atoms with Crippen molar-refractivity contribution in [3.8, 4) is 0 Å². The molecule has 5 nitrogen and oxygen atoms in total. The number of primary amides is 1. The lowest BCUT2D eigenvalue weighted by atomic mass is 9.92. The summed E-state index contributed by atoms with van der Waals surface area (Å²) in [4.78, 5) is 17.8. The van der Waals surface area contributed by atoms with Gasteiger partial charge in [0.25, 0.3) is 0 Å². The second-order valence-electron chi connectivity index (χ2n) is 3.44. The minimum Gasteiger partial charge on any atom is -0.351 e. The third kappa shape index (κ3) is 1.47. The molecule has 0 aromatic rings. The second-order valence-corrected chi connectivity index (χ2v) is 3.44. The number of nitrogens with one attached hydrogen (secondary N) is 1. The van der Waals surface area contributed by atoms with Crippen LogP contribution in [0, 0.1) is 0 Å². The molecular weight excluding hydrogens is 170 g/mol. The molecule has 0 atom stereocenters. The topological polar surface area (TPSA) is 67.6 Å². The van der Waals surface area contributed by atoms with Gasteiger partial charge in [0.1, 0.15) is 5.60 Å². The fourth-order valence-electron chi connectivity index (χ4n) is 1.75. The number of hydrogen-bond acceptors (Lipinski definition) is 3. The fourth-order valence-corrected chi connectivity index (χ4v) is 1.75. The molecule has 1 saturated heterocycles. The van der Waals surface area contributed by atoms with Gasteiger partial charge in [0.15, 0.2) is 0 Å². The average molecular weight is 183 g/mol. The Morgan fingerprint density at radius 2 is 2.23 bits per heavy atom. The number of urea groups is 1. The normalized spacial score (nSPS) is 24.8. The van der Waals surface area contributed by atoms with E-state index in [4.69, 9.17) is 10.6 Å². The zero-order valence-corrected chi connectivity index (χ0v) is 7.32. The Hall–Kier alpha value is -1.23. The summed E-state index contributed by atoms with van der Waals surface area (Å²) in [6, 6.07) is -0.343. The standard InChI is InChI=1S/C8H13N3O2/c9-7(12)11-5-2-8(3-6-11)1-4-10-13-8/h1,4,10H,2-3,5-6H2,(H2,9,12). The van der Waals surface area contributed by atoms with Crippen molar-refractivity contribution in [3.05, 3.63) is 12.3 Å². The number of nitrogens with two attached hydrogens (primary N) is 1. The van der Waals surface area contributed by atoms with Crippen LogP contribution in [0.25, 0.3) is 0 Å². The van der Waals surface area contributed by atoms with Gasteiger partial charge in [0.2, 0.25) is 0 Å². The Labute approximate surface area is 76.5 Å².